The van der Waals surface area contributed by atoms with Crippen LogP contribution < -0.4 is 5.32 Å². The lowest BCUT2D eigenvalue weighted by Gasteiger charge is -2.31. The van der Waals surface area contributed by atoms with Crippen LogP contribution in [0.15, 0.2) is 30.3 Å². The van der Waals surface area contributed by atoms with Crippen molar-refractivity contribution in [2.45, 2.75) is 45.4 Å². The average Bonchev–Trinajstić information content (AvgIpc) is 2.70. The van der Waals surface area contributed by atoms with E-state index in [1.165, 1.54) is 19.1 Å². The molecule has 0 radical (unpaired) electrons. The number of rotatable bonds is 10. The first-order valence-electron chi connectivity index (χ1n) is 9.69. The Labute approximate surface area is 177 Å². The summed E-state index contributed by atoms with van der Waals surface area (Å²) < 4.78 is 20.4. The molecule has 0 saturated carbocycles. The van der Waals surface area contributed by atoms with Crippen LogP contribution in [-0.2, 0) is 30.3 Å². The second-order valence-corrected chi connectivity index (χ2v) is 7.51. The van der Waals surface area contributed by atoms with Crippen LogP contribution in [-0.4, -0.2) is 68.6 Å². The van der Waals surface area contributed by atoms with E-state index in [0.29, 0.717) is 6.42 Å². The van der Waals surface area contributed by atoms with Gasteiger partial charge in [0, 0.05) is 20.2 Å². The van der Waals surface area contributed by atoms with Crippen molar-refractivity contribution in [1.82, 2.24) is 10.2 Å². The first-order chi connectivity index (χ1) is 14.2. The molecule has 0 aliphatic carbocycles. The number of carbonyl (C=O) groups is 3. The third-order valence-electron chi connectivity index (χ3n) is 3.86. The number of carbonyl (C=O) groups excluding carboxylic acids is 3. The van der Waals surface area contributed by atoms with Gasteiger partial charge in [-0.15, -0.1) is 0 Å². The third-order valence-corrected chi connectivity index (χ3v) is 3.86. The number of amides is 2. The summed E-state index contributed by atoms with van der Waals surface area (Å²) in [6.45, 7) is 5.71. The molecule has 0 saturated heterocycles. The summed E-state index contributed by atoms with van der Waals surface area (Å²) in [4.78, 5) is 37.8. The van der Waals surface area contributed by atoms with Crippen molar-refractivity contribution in [2.24, 2.45) is 0 Å². The SMILES string of the molecule is COCC(C(=O)OC)N(CCCNC(=O)OCc1ccccc1)C(=O)OC(C)(C)C. The molecule has 9 heteroatoms. The summed E-state index contributed by atoms with van der Waals surface area (Å²) in [5, 5.41) is 2.62. The predicted octanol–water partition coefficient (Wildman–Crippen LogP) is 2.73. The zero-order chi connectivity index (χ0) is 22.6. The van der Waals surface area contributed by atoms with Gasteiger partial charge in [0.15, 0.2) is 6.04 Å². The normalized spacial score (nSPS) is 11.9. The number of ether oxygens (including phenoxy) is 4. The van der Waals surface area contributed by atoms with Gasteiger partial charge in [0.05, 0.1) is 13.7 Å². The molecule has 1 aromatic carbocycles. The van der Waals surface area contributed by atoms with Crippen molar-refractivity contribution in [3.63, 3.8) is 0 Å². The van der Waals surface area contributed by atoms with Crippen molar-refractivity contribution in [3.05, 3.63) is 35.9 Å². The quantitative estimate of drug-likeness (QED) is 0.350. The highest BCUT2D eigenvalue weighted by molar-refractivity contribution is 5.81. The van der Waals surface area contributed by atoms with Gasteiger partial charge in [-0.2, -0.15) is 0 Å². The highest BCUT2D eigenvalue weighted by Gasteiger charge is 2.33. The Morgan fingerprint density at radius 1 is 1.10 bits per heavy atom. The van der Waals surface area contributed by atoms with E-state index >= 15 is 0 Å². The molecule has 2 amide bonds. The van der Waals surface area contributed by atoms with Crippen LogP contribution in [0.3, 0.4) is 0 Å². The minimum absolute atomic E-state index is 0.0432. The molecule has 0 aliphatic rings. The molecule has 9 nitrogen and oxygen atoms in total. The Morgan fingerprint density at radius 3 is 2.33 bits per heavy atom. The number of benzene rings is 1. The molecule has 1 atom stereocenters. The fourth-order valence-corrected chi connectivity index (χ4v) is 2.49. The van der Waals surface area contributed by atoms with Crippen molar-refractivity contribution >= 4 is 18.2 Å². The van der Waals surface area contributed by atoms with Crippen molar-refractivity contribution in [3.8, 4) is 0 Å². The number of hydrogen-bond donors (Lipinski definition) is 1. The van der Waals surface area contributed by atoms with Crippen LogP contribution in [0.2, 0.25) is 0 Å². The van der Waals surface area contributed by atoms with E-state index in [9.17, 15) is 14.4 Å². The van der Waals surface area contributed by atoms with Crippen LogP contribution in [0.1, 0.15) is 32.8 Å². The number of nitrogens with one attached hydrogen (secondary N) is 1. The van der Waals surface area contributed by atoms with E-state index in [1.54, 1.807) is 20.8 Å². The molecular weight excluding hydrogens is 392 g/mol. The fourth-order valence-electron chi connectivity index (χ4n) is 2.49. The van der Waals surface area contributed by atoms with Gasteiger partial charge in [-0.1, -0.05) is 30.3 Å². The van der Waals surface area contributed by atoms with Crippen LogP contribution in [0.4, 0.5) is 9.59 Å². The maximum absolute atomic E-state index is 12.6. The second kappa shape index (κ2) is 12.7. The van der Waals surface area contributed by atoms with Gasteiger partial charge in [-0.3, -0.25) is 4.90 Å². The van der Waals surface area contributed by atoms with Gasteiger partial charge in [0.1, 0.15) is 12.2 Å². The molecule has 0 heterocycles. The Bertz CT molecular complexity index is 674. The van der Waals surface area contributed by atoms with Gasteiger partial charge in [0.25, 0.3) is 0 Å². The molecule has 30 heavy (non-hydrogen) atoms. The van der Waals surface area contributed by atoms with Crippen molar-refractivity contribution in [2.75, 3.05) is 33.9 Å². The summed E-state index contributed by atoms with van der Waals surface area (Å²) in [5.41, 5.74) is 0.145. The lowest BCUT2D eigenvalue weighted by atomic mass is 10.2. The van der Waals surface area contributed by atoms with E-state index in [-0.39, 0.29) is 26.3 Å². The Hall–Kier alpha value is -2.81. The maximum atomic E-state index is 12.6. The third kappa shape index (κ3) is 9.60. The van der Waals surface area contributed by atoms with Gasteiger partial charge in [0.2, 0.25) is 0 Å². The zero-order valence-electron chi connectivity index (χ0n) is 18.3. The van der Waals surface area contributed by atoms with E-state index in [4.69, 9.17) is 18.9 Å². The first-order valence-corrected chi connectivity index (χ1v) is 9.69. The average molecular weight is 424 g/mol. The van der Waals surface area contributed by atoms with Crippen molar-refractivity contribution in [1.29, 1.82) is 0 Å². The zero-order valence-corrected chi connectivity index (χ0v) is 18.3. The van der Waals surface area contributed by atoms with Gasteiger partial charge in [-0.25, -0.2) is 14.4 Å². The van der Waals surface area contributed by atoms with Crippen LogP contribution in [0.5, 0.6) is 0 Å². The van der Waals surface area contributed by atoms with Crippen LogP contribution in [0.25, 0.3) is 0 Å². The van der Waals surface area contributed by atoms with E-state index < -0.39 is 29.8 Å². The summed E-state index contributed by atoms with van der Waals surface area (Å²) in [6, 6.07) is 8.35. The summed E-state index contributed by atoms with van der Waals surface area (Å²) in [6.07, 6.45) is -0.859. The molecular formula is C21H32N2O7. The lowest BCUT2D eigenvalue weighted by molar-refractivity contribution is -0.148. The minimum Gasteiger partial charge on any atom is -0.467 e. The van der Waals surface area contributed by atoms with Crippen LogP contribution in [0, 0.1) is 0 Å². The van der Waals surface area contributed by atoms with Crippen LogP contribution >= 0.6 is 0 Å². The predicted molar refractivity (Wildman–Crippen MR) is 110 cm³/mol. The highest BCUT2D eigenvalue weighted by atomic mass is 16.6. The highest BCUT2D eigenvalue weighted by Crippen LogP contribution is 2.14. The number of hydrogen-bond acceptors (Lipinski definition) is 7. The number of alkyl carbamates (subject to hydrolysis) is 1. The molecule has 1 N–H and O–H groups in total. The molecule has 0 spiro atoms. The standard InChI is InChI=1S/C21H32N2O7/c1-21(2,3)30-20(26)23(17(15-27-4)18(24)28-5)13-9-12-22-19(25)29-14-16-10-7-6-8-11-16/h6-8,10-11,17H,9,12-15H2,1-5H3,(H,22,25). The van der Waals surface area contributed by atoms with E-state index in [0.717, 1.165) is 5.56 Å². The number of esters is 1. The molecule has 0 bridgehead atoms. The van der Waals surface area contributed by atoms with Gasteiger partial charge >= 0.3 is 18.2 Å². The van der Waals surface area contributed by atoms with E-state index in [1.807, 2.05) is 30.3 Å². The largest absolute Gasteiger partial charge is 0.467 e. The minimum atomic E-state index is -0.958. The van der Waals surface area contributed by atoms with Gasteiger partial charge < -0.3 is 24.3 Å². The monoisotopic (exact) mass is 424 g/mol. The second-order valence-electron chi connectivity index (χ2n) is 7.51. The van der Waals surface area contributed by atoms with Gasteiger partial charge in [-0.05, 0) is 32.8 Å². The molecule has 168 valence electrons. The topological polar surface area (TPSA) is 103 Å². The summed E-state index contributed by atoms with van der Waals surface area (Å²) >= 11 is 0. The lowest BCUT2D eigenvalue weighted by Crippen LogP contribution is -2.50. The summed E-state index contributed by atoms with van der Waals surface area (Å²) in [5.74, 6) is -0.613. The molecule has 1 unspecified atom stereocenters. The number of nitrogens with zero attached hydrogens (tertiary/aromatic N) is 1. The molecule has 1 rings (SSSR count). The Kier molecular flexibility index (Phi) is 10.7. The Morgan fingerprint density at radius 2 is 1.77 bits per heavy atom. The fraction of sp³-hybridized carbons (Fsp3) is 0.571. The molecule has 0 aliphatic heterocycles. The molecule has 0 fully saturated rings. The smallest absolute Gasteiger partial charge is 0.411 e. The maximum Gasteiger partial charge on any atom is 0.411 e. The first kappa shape index (κ1) is 25.2. The Balaban J connectivity index is 2.60. The molecule has 1 aromatic rings. The summed E-state index contributed by atoms with van der Waals surface area (Å²) in [7, 11) is 2.66. The van der Waals surface area contributed by atoms with Crippen molar-refractivity contribution < 1.29 is 33.3 Å². The number of methoxy groups -OCH3 is 2. The van der Waals surface area contributed by atoms with E-state index in [2.05, 4.69) is 5.32 Å². The molecule has 0 aromatic heterocycles.